The van der Waals surface area contributed by atoms with Gasteiger partial charge in [0.15, 0.2) is 15.3 Å². The molecule has 6 heteroatoms. The molecule has 1 aliphatic rings. The zero-order valence-electron chi connectivity index (χ0n) is 8.43. The van der Waals surface area contributed by atoms with E-state index < -0.39 is 26.5 Å². The highest BCUT2D eigenvalue weighted by Gasteiger charge is 2.49. The van der Waals surface area contributed by atoms with Crippen molar-refractivity contribution >= 4 is 15.8 Å². The van der Waals surface area contributed by atoms with E-state index in [0.29, 0.717) is 0 Å². The van der Waals surface area contributed by atoms with Crippen LogP contribution in [-0.2, 0) is 14.6 Å². The summed E-state index contributed by atoms with van der Waals surface area (Å²) in [5.74, 6) is -1.21. The van der Waals surface area contributed by atoms with Crippen molar-refractivity contribution in [2.45, 2.75) is 31.4 Å². The molecule has 1 N–H and O–H groups in total. The van der Waals surface area contributed by atoms with Gasteiger partial charge in [0, 0.05) is 5.75 Å². The van der Waals surface area contributed by atoms with Gasteiger partial charge >= 0.3 is 5.97 Å². The Morgan fingerprint density at radius 2 is 2.27 bits per heavy atom. The molecule has 0 aliphatic heterocycles. The van der Waals surface area contributed by atoms with E-state index >= 15 is 0 Å². The number of carboxylic acid groups (broad SMARTS) is 1. The first-order valence-corrected chi connectivity index (χ1v) is 6.46. The second-order valence-corrected chi connectivity index (χ2v) is 6.39. The van der Waals surface area contributed by atoms with Gasteiger partial charge in [-0.15, -0.1) is 0 Å². The van der Waals surface area contributed by atoms with Gasteiger partial charge in [0.2, 0.25) is 0 Å². The predicted octanol–water partition coefficient (Wildman–Crippen LogP) is 0.568. The summed E-state index contributed by atoms with van der Waals surface area (Å²) in [6.45, 7) is 1.53. The fourth-order valence-electron chi connectivity index (χ4n) is 1.89. The summed E-state index contributed by atoms with van der Waals surface area (Å²) in [6.07, 6.45) is 0.327. The molecule has 0 amide bonds. The van der Waals surface area contributed by atoms with Crippen LogP contribution in [0.4, 0.5) is 0 Å². The Morgan fingerprint density at radius 1 is 1.67 bits per heavy atom. The van der Waals surface area contributed by atoms with Crippen LogP contribution in [0.3, 0.4) is 0 Å². The van der Waals surface area contributed by atoms with E-state index in [1.807, 2.05) is 0 Å². The van der Waals surface area contributed by atoms with E-state index in [-0.39, 0.29) is 25.0 Å². The molecule has 0 aromatic carbocycles. The average Bonchev–Trinajstić information content (AvgIpc) is 2.63. The van der Waals surface area contributed by atoms with Gasteiger partial charge in [-0.05, 0) is 19.3 Å². The van der Waals surface area contributed by atoms with E-state index in [9.17, 15) is 13.2 Å². The highest BCUT2D eigenvalue weighted by atomic mass is 32.2. The van der Waals surface area contributed by atoms with Gasteiger partial charge in [-0.2, -0.15) is 5.26 Å². The largest absolute Gasteiger partial charge is 0.480 e. The number of rotatable bonds is 3. The van der Waals surface area contributed by atoms with Crippen LogP contribution in [0.5, 0.6) is 0 Å². The molecule has 0 spiro atoms. The fourth-order valence-corrected chi connectivity index (χ4v) is 3.37. The maximum atomic E-state index is 11.5. The number of hydrogen-bond donors (Lipinski definition) is 1. The van der Waals surface area contributed by atoms with Gasteiger partial charge < -0.3 is 5.11 Å². The van der Waals surface area contributed by atoms with Crippen molar-refractivity contribution in [3.05, 3.63) is 0 Å². The molecule has 84 valence electrons. The van der Waals surface area contributed by atoms with Crippen molar-refractivity contribution in [2.75, 3.05) is 5.75 Å². The Morgan fingerprint density at radius 3 is 2.60 bits per heavy atom. The molecule has 15 heavy (non-hydrogen) atoms. The summed E-state index contributed by atoms with van der Waals surface area (Å²) in [6, 6.07) is 1.74. The summed E-state index contributed by atoms with van der Waals surface area (Å²) < 4.78 is 23.1. The van der Waals surface area contributed by atoms with Crippen molar-refractivity contribution in [2.24, 2.45) is 5.41 Å². The fraction of sp³-hybridized carbons (Fsp3) is 0.778. The molecule has 0 heterocycles. The molecule has 0 radical (unpaired) electrons. The highest BCUT2D eigenvalue weighted by Crippen LogP contribution is 2.41. The molecule has 1 rings (SSSR count). The predicted molar refractivity (Wildman–Crippen MR) is 52.8 cm³/mol. The second kappa shape index (κ2) is 3.81. The van der Waals surface area contributed by atoms with Crippen LogP contribution in [0.1, 0.15) is 26.2 Å². The lowest BCUT2D eigenvalue weighted by Crippen LogP contribution is -2.29. The lowest BCUT2D eigenvalue weighted by molar-refractivity contribution is -0.145. The second-order valence-electron chi connectivity index (χ2n) is 3.82. The average molecular weight is 231 g/mol. The van der Waals surface area contributed by atoms with Crippen molar-refractivity contribution in [1.82, 2.24) is 0 Å². The van der Waals surface area contributed by atoms with Crippen LogP contribution in [0.15, 0.2) is 0 Å². The molecule has 0 aromatic heterocycles. The summed E-state index contributed by atoms with van der Waals surface area (Å²) in [4.78, 5) is 10.9. The third-order valence-corrected chi connectivity index (χ3v) is 5.23. The zero-order valence-corrected chi connectivity index (χ0v) is 9.25. The Kier molecular flexibility index (Phi) is 3.05. The van der Waals surface area contributed by atoms with Crippen LogP contribution >= 0.6 is 0 Å². The summed E-state index contributed by atoms with van der Waals surface area (Å²) in [7, 11) is -3.23. The van der Waals surface area contributed by atoms with Crippen molar-refractivity contribution in [1.29, 1.82) is 5.26 Å². The standard InChI is InChI=1S/C9H13NO4S/c1-2-15(13,14)7-3-4-9(5-7,6-10)8(11)12/h7H,2-5H2,1H3,(H,11,12)/t7-,9+/m1/s1. The number of hydrogen-bond acceptors (Lipinski definition) is 4. The van der Waals surface area contributed by atoms with Gasteiger partial charge in [0.25, 0.3) is 0 Å². The molecule has 0 saturated heterocycles. The molecule has 1 saturated carbocycles. The number of carbonyl (C=O) groups is 1. The Bertz CT molecular complexity index is 408. The van der Waals surface area contributed by atoms with E-state index in [1.54, 1.807) is 6.07 Å². The van der Waals surface area contributed by atoms with E-state index in [4.69, 9.17) is 10.4 Å². The summed E-state index contributed by atoms with van der Waals surface area (Å²) in [5.41, 5.74) is -1.49. The van der Waals surface area contributed by atoms with Crippen LogP contribution in [0, 0.1) is 16.7 Å². The topological polar surface area (TPSA) is 95.2 Å². The molecule has 5 nitrogen and oxygen atoms in total. The lowest BCUT2D eigenvalue weighted by atomic mass is 9.88. The minimum Gasteiger partial charge on any atom is -0.480 e. The van der Waals surface area contributed by atoms with E-state index in [2.05, 4.69) is 0 Å². The van der Waals surface area contributed by atoms with Crippen LogP contribution in [-0.4, -0.2) is 30.5 Å². The van der Waals surface area contributed by atoms with E-state index in [0.717, 1.165) is 0 Å². The van der Waals surface area contributed by atoms with Crippen molar-refractivity contribution in [3.63, 3.8) is 0 Å². The van der Waals surface area contributed by atoms with Gasteiger partial charge in [-0.1, -0.05) is 6.92 Å². The van der Waals surface area contributed by atoms with E-state index in [1.165, 1.54) is 6.92 Å². The lowest BCUT2D eigenvalue weighted by Gasteiger charge is -2.14. The van der Waals surface area contributed by atoms with Crippen LogP contribution < -0.4 is 0 Å². The molecule has 0 unspecified atom stereocenters. The van der Waals surface area contributed by atoms with Crippen LogP contribution in [0.2, 0.25) is 0 Å². The molecular weight excluding hydrogens is 218 g/mol. The number of carboxylic acids is 1. The third kappa shape index (κ3) is 1.97. The van der Waals surface area contributed by atoms with Gasteiger partial charge in [-0.25, -0.2) is 8.42 Å². The minimum atomic E-state index is -3.23. The first-order chi connectivity index (χ1) is 6.88. The SMILES string of the molecule is CCS(=O)(=O)[C@@H]1CC[C@](C#N)(C(=O)O)C1. The Labute approximate surface area is 88.6 Å². The molecule has 1 aliphatic carbocycles. The minimum absolute atomic E-state index is 0.00120. The molecule has 0 aromatic rings. The van der Waals surface area contributed by atoms with Gasteiger partial charge in [-0.3, -0.25) is 4.79 Å². The first kappa shape index (κ1) is 12.0. The number of nitriles is 1. The smallest absolute Gasteiger partial charge is 0.324 e. The maximum absolute atomic E-state index is 11.5. The third-order valence-electron chi connectivity index (χ3n) is 3.00. The zero-order chi connectivity index (χ0) is 11.7. The molecule has 0 bridgehead atoms. The summed E-state index contributed by atoms with van der Waals surface area (Å²) >= 11 is 0. The highest BCUT2D eigenvalue weighted by molar-refractivity contribution is 7.92. The monoisotopic (exact) mass is 231 g/mol. The molecule has 2 atom stereocenters. The van der Waals surface area contributed by atoms with Gasteiger partial charge in [0.1, 0.15) is 0 Å². The number of nitrogens with zero attached hydrogens (tertiary/aromatic N) is 1. The van der Waals surface area contributed by atoms with Gasteiger partial charge in [0.05, 0.1) is 11.3 Å². The van der Waals surface area contributed by atoms with Crippen molar-refractivity contribution < 1.29 is 18.3 Å². The van der Waals surface area contributed by atoms with Crippen LogP contribution in [0.25, 0.3) is 0 Å². The quantitative estimate of drug-likeness (QED) is 0.766. The Balaban J connectivity index is 2.93. The molecular formula is C9H13NO4S. The molecule has 1 fully saturated rings. The number of sulfone groups is 1. The number of aliphatic carboxylic acids is 1. The maximum Gasteiger partial charge on any atom is 0.324 e. The summed E-state index contributed by atoms with van der Waals surface area (Å²) in [5, 5.41) is 17.1. The van der Waals surface area contributed by atoms with Crippen molar-refractivity contribution in [3.8, 4) is 6.07 Å². The Hall–Kier alpha value is -1.09. The first-order valence-electron chi connectivity index (χ1n) is 4.74. The normalized spacial score (nSPS) is 31.1.